The Bertz CT molecular complexity index is 337. The number of terminal acetylenes is 1. The van der Waals surface area contributed by atoms with Gasteiger partial charge in [0, 0.05) is 22.5 Å². The molecule has 1 nitrogen and oxygen atoms in total. The van der Waals surface area contributed by atoms with Crippen LogP contribution in [0, 0.1) is 36.0 Å². The highest BCUT2D eigenvalue weighted by Crippen LogP contribution is 2.41. The third-order valence-electron chi connectivity index (χ3n) is 4.45. The van der Waals surface area contributed by atoms with Crippen LogP contribution in [0.3, 0.4) is 0 Å². The summed E-state index contributed by atoms with van der Waals surface area (Å²) in [6, 6.07) is 0. The Hall–Kier alpha value is 0.0600. The Labute approximate surface area is 118 Å². The average molecular weight is 284 g/mol. The Kier molecular flexibility index (Phi) is 5.21. The number of thioether (sulfide) groups is 1. The molecule has 1 saturated carbocycles. The van der Waals surface area contributed by atoms with Gasteiger partial charge < -0.3 is 0 Å². The van der Waals surface area contributed by atoms with E-state index in [0.29, 0.717) is 28.3 Å². The summed E-state index contributed by atoms with van der Waals surface area (Å²) >= 11 is 1.97. The molecule has 102 valence electrons. The lowest BCUT2D eigenvalue weighted by molar-refractivity contribution is 0.330. The first-order valence-electron chi connectivity index (χ1n) is 7.06. The second kappa shape index (κ2) is 6.48. The van der Waals surface area contributed by atoms with Crippen molar-refractivity contribution in [2.45, 2.75) is 44.1 Å². The van der Waals surface area contributed by atoms with E-state index in [2.05, 4.69) is 19.8 Å². The predicted octanol–water partition coefficient (Wildman–Crippen LogP) is 3.52. The largest absolute Gasteiger partial charge is 0.258 e. The van der Waals surface area contributed by atoms with Crippen molar-refractivity contribution in [1.29, 1.82) is 0 Å². The quantitative estimate of drug-likeness (QED) is 0.722. The molecule has 3 atom stereocenters. The van der Waals surface area contributed by atoms with Gasteiger partial charge in [-0.25, -0.2) is 0 Å². The van der Waals surface area contributed by atoms with E-state index in [-0.39, 0.29) is 0 Å². The second-order valence-corrected chi connectivity index (χ2v) is 9.11. The topological polar surface area (TPSA) is 17.1 Å². The number of hydrogen-bond donors (Lipinski definition) is 0. The van der Waals surface area contributed by atoms with Crippen LogP contribution in [-0.4, -0.2) is 20.3 Å². The van der Waals surface area contributed by atoms with E-state index < -0.39 is 10.8 Å². The summed E-state index contributed by atoms with van der Waals surface area (Å²) in [5.74, 6) is 7.44. The number of hydrogen-bond acceptors (Lipinski definition) is 2. The molecule has 0 unspecified atom stereocenters. The van der Waals surface area contributed by atoms with Crippen molar-refractivity contribution in [3.8, 4) is 12.3 Å². The van der Waals surface area contributed by atoms with E-state index in [1.165, 1.54) is 18.6 Å². The highest BCUT2D eigenvalue weighted by molar-refractivity contribution is 8.11. The number of rotatable bonds is 2. The second-order valence-electron chi connectivity index (χ2n) is 6.03. The first-order valence-corrected chi connectivity index (χ1v) is 9.49. The van der Waals surface area contributed by atoms with Gasteiger partial charge in [-0.1, -0.05) is 13.8 Å². The zero-order chi connectivity index (χ0) is 13.1. The van der Waals surface area contributed by atoms with Crippen molar-refractivity contribution in [1.82, 2.24) is 0 Å². The summed E-state index contributed by atoms with van der Waals surface area (Å²) < 4.78 is 12.8. The van der Waals surface area contributed by atoms with Crippen molar-refractivity contribution in [2.75, 3.05) is 11.5 Å². The van der Waals surface area contributed by atoms with Crippen molar-refractivity contribution in [2.24, 2.45) is 23.7 Å². The molecule has 2 aliphatic rings. The fraction of sp³-hybridized carbons (Fsp3) is 0.867. The van der Waals surface area contributed by atoms with Gasteiger partial charge in [0.1, 0.15) is 0 Å². The first kappa shape index (κ1) is 14.5. The minimum Gasteiger partial charge on any atom is -0.258 e. The molecule has 0 radical (unpaired) electrons. The van der Waals surface area contributed by atoms with E-state index in [1.54, 1.807) is 0 Å². The van der Waals surface area contributed by atoms with E-state index in [1.807, 2.05) is 11.8 Å². The maximum absolute atomic E-state index is 12.4. The Morgan fingerprint density at radius 3 is 2.44 bits per heavy atom. The van der Waals surface area contributed by atoms with Crippen LogP contribution in [0.5, 0.6) is 0 Å². The lowest BCUT2D eigenvalue weighted by Gasteiger charge is -2.36. The normalized spacial score (nSPS) is 41.6. The molecule has 2 fully saturated rings. The molecular formula is C15H24OS2. The molecule has 0 spiro atoms. The average Bonchev–Trinajstić information content (AvgIpc) is 2.38. The molecule has 1 heterocycles. The lowest BCUT2D eigenvalue weighted by atomic mass is 9.83. The zero-order valence-electron chi connectivity index (χ0n) is 11.4. The summed E-state index contributed by atoms with van der Waals surface area (Å²) in [7, 11) is -0.628. The molecule has 0 amide bonds. The van der Waals surface area contributed by atoms with Crippen LogP contribution >= 0.6 is 11.8 Å². The Morgan fingerprint density at radius 1 is 1.28 bits per heavy atom. The van der Waals surface area contributed by atoms with Crippen molar-refractivity contribution < 1.29 is 4.21 Å². The smallest absolute Gasteiger partial charge is 0.0829 e. The minimum absolute atomic E-state index is 0.388. The van der Waals surface area contributed by atoms with E-state index in [9.17, 15) is 4.21 Å². The minimum atomic E-state index is -0.628. The Balaban J connectivity index is 1.88. The monoisotopic (exact) mass is 284 g/mol. The van der Waals surface area contributed by atoms with E-state index in [0.717, 1.165) is 18.6 Å². The van der Waals surface area contributed by atoms with Gasteiger partial charge in [0.2, 0.25) is 0 Å². The fourth-order valence-corrected chi connectivity index (χ4v) is 7.47. The summed E-state index contributed by atoms with van der Waals surface area (Å²) in [6.45, 7) is 4.50. The maximum atomic E-state index is 12.4. The molecule has 18 heavy (non-hydrogen) atoms. The van der Waals surface area contributed by atoms with Gasteiger partial charge in [0.05, 0.1) is 4.58 Å². The molecule has 1 saturated heterocycles. The van der Waals surface area contributed by atoms with Crippen LogP contribution in [0.2, 0.25) is 0 Å². The van der Waals surface area contributed by atoms with Crippen LogP contribution in [-0.2, 0) is 10.8 Å². The van der Waals surface area contributed by atoms with Crippen molar-refractivity contribution in [3.05, 3.63) is 0 Å². The summed E-state index contributed by atoms with van der Waals surface area (Å²) in [5, 5.41) is 0. The van der Waals surface area contributed by atoms with Gasteiger partial charge >= 0.3 is 0 Å². The van der Waals surface area contributed by atoms with E-state index >= 15 is 0 Å². The summed E-state index contributed by atoms with van der Waals surface area (Å²) in [5.41, 5.74) is 0. The third kappa shape index (κ3) is 3.33. The van der Waals surface area contributed by atoms with Crippen LogP contribution in [0.15, 0.2) is 0 Å². The molecule has 0 aromatic heterocycles. The summed E-state index contributed by atoms with van der Waals surface area (Å²) in [4.78, 5) is 0. The molecule has 1 aliphatic carbocycles. The first-order chi connectivity index (χ1) is 8.61. The van der Waals surface area contributed by atoms with Crippen LogP contribution in [0.25, 0.3) is 0 Å². The highest BCUT2D eigenvalue weighted by Gasteiger charge is 2.36. The van der Waals surface area contributed by atoms with Crippen molar-refractivity contribution in [3.63, 3.8) is 0 Å². The van der Waals surface area contributed by atoms with Gasteiger partial charge in [0.25, 0.3) is 0 Å². The molecule has 1 aliphatic heterocycles. The van der Waals surface area contributed by atoms with Gasteiger partial charge in [-0.15, -0.1) is 24.1 Å². The molecule has 0 bridgehead atoms. The van der Waals surface area contributed by atoms with Crippen molar-refractivity contribution >= 4 is 22.6 Å². The molecular weight excluding hydrogens is 260 g/mol. The van der Waals surface area contributed by atoms with Gasteiger partial charge in [-0.05, 0) is 49.2 Å². The molecule has 0 aromatic carbocycles. The molecule has 0 aromatic rings. The van der Waals surface area contributed by atoms with Gasteiger partial charge in [-0.3, -0.25) is 4.21 Å². The Morgan fingerprint density at radius 2 is 1.94 bits per heavy atom. The fourth-order valence-electron chi connectivity index (χ4n) is 2.94. The standard InChI is InChI=1S/C15H24OS2/c1-4-12-5-7-13(8-6-12)15-17-9-14(11(2)3)10-18(15)16/h1,11-15H,5-10H2,2-3H3/t12?,13?,14-,15+,18-/m0/s1. The highest BCUT2D eigenvalue weighted by atomic mass is 32.2. The summed E-state index contributed by atoms with van der Waals surface area (Å²) in [6.07, 6.45) is 10.1. The lowest BCUT2D eigenvalue weighted by Crippen LogP contribution is -2.36. The molecule has 0 N–H and O–H groups in total. The van der Waals surface area contributed by atoms with Gasteiger partial charge in [-0.2, -0.15) is 0 Å². The van der Waals surface area contributed by atoms with E-state index in [4.69, 9.17) is 6.42 Å². The van der Waals surface area contributed by atoms with Gasteiger partial charge in [0.15, 0.2) is 0 Å². The molecule has 3 heteroatoms. The SMILES string of the molecule is C#CC1CCC([C@@H]2SC[C@H](C(C)C)C[S@@]2=O)CC1. The predicted molar refractivity (Wildman–Crippen MR) is 81.9 cm³/mol. The maximum Gasteiger partial charge on any atom is 0.0829 e. The molecule has 2 rings (SSSR count). The van der Waals surface area contributed by atoms with Crippen LogP contribution in [0.4, 0.5) is 0 Å². The van der Waals surface area contributed by atoms with Crippen LogP contribution < -0.4 is 0 Å². The zero-order valence-corrected chi connectivity index (χ0v) is 13.1. The van der Waals surface area contributed by atoms with Crippen LogP contribution in [0.1, 0.15) is 39.5 Å². The third-order valence-corrected chi connectivity index (χ3v) is 8.49.